The molecule has 0 bridgehead atoms. The lowest BCUT2D eigenvalue weighted by Gasteiger charge is -2.32. The molecule has 0 radical (unpaired) electrons. The molecule has 0 spiro atoms. The molecule has 0 aliphatic carbocycles. The lowest BCUT2D eigenvalue weighted by atomic mass is 9.91. The van der Waals surface area contributed by atoms with Crippen molar-refractivity contribution in [2.24, 2.45) is 0 Å². The molecule has 3 aromatic rings. The Morgan fingerprint density at radius 3 is 2.03 bits per heavy atom. The first kappa shape index (κ1) is 19.7. The normalized spacial score (nSPS) is 20.6. The van der Waals surface area contributed by atoms with E-state index in [-0.39, 0.29) is 6.61 Å². The van der Waals surface area contributed by atoms with E-state index in [2.05, 4.69) is 0 Å². The Morgan fingerprint density at radius 2 is 1.43 bits per heavy atom. The number of carbonyl (C=O) groups excluding carboxylic acids is 2. The number of ether oxygens (including phenoxy) is 2. The number of nitrogens with zero attached hydrogens (tertiary/aromatic N) is 1. The van der Waals surface area contributed by atoms with E-state index in [1.165, 1.54) is 4.90 Å². The summed E-state index contributed by atoms with van der Waals surface area (Å²) in [5.74, 6) is -0.447. The fourth-order valence-electron chi connectivity index (χ4n) is 3.71. The topological polar surface area (TPSA) is 55.8 Å². The number of rotatable bonds is 5. The van der Waals surface area contributed by atoms with Crippen molar-refractivity contribution in [3.05, 3.63) is 108 Å². The van der Waals surface area contributed by atoms with E-state index >= 15 is 0 Å². The molecule has 0 saturated carbocycles. The summed E-state index contributed by atoms with van der Waals surface area (Å²) in [6.07, 6.45) is -1.09. The number of amides is 1. The molecule has 1 aliphatic heterocycles. The molecule has 1 heterocycles. The molecule has 30 heavy (non-hydrogen) atoms. The third kappa shape index (κ3) is 3.92. The molecule has 0 aromatic heterocycles. The predicted molar refractivity (Wildman–Crippen MR) is 112 cm³/mol. The smallest absolute Gasteiger partial charge is 0.414 e. The van der Waals surface area contributed by atoms with Crippen molar-refractivity contribution < 1.29 is 19.1 Å². The molecule has 0 N–H and O–H groups in total. The highest BCUT2D eigenvalue weighted by molar-refractivity contribution is 5.89. The summed E-state index contributed by atoms with van der Waals surface area (Å²) >= 11 is 0. The summed E-state index contributed by atoms with van der Waals surface area (Å²) in [6, 6.07) is 28.3. The van der Waals surface area contributed by atoms with Crippen molar-refractivity contribution in [2.75, 3.05) is 0 Å². The van der Waals surface area contributed by atoms with Crippen LogP contribution in [0.25, 0.3) is 0 Å². The first-order valence-corrected chi connectivity index (χ1v) is 9.88. The van der Waals surface area contributed by atoms with Crippen LogP contribution < -0.4 is 0 Å². The van der Waals surface area contributed by atoms with Crippen LogP contribution >= 0.6 is 0 Å². The van der Waals surface area contributed by atoms with Crippen LogP contribution in [0.3, 0.4) is 0 Å². The van der Waals surface area contributed by atoms with Crippen LogP contribution in [0.1, 0.15) is 29.8 Å². The van der Waals surface area contributed by atoms with E-state index in [1.807, 2.05) is 91.0 Å². The van der Waals surface area contributed by atoms with Crippen LogP contribution in [-0.2, 0) is 27.3 Å². The number of cyclic esters (lactones) is 1. The summed E-state index contributed by atoms with van der Waals surface area (Å²) in [5, 5.41) is 0. The third-order valence-electron chi connectivity index (χ3n) is 5.30. The van der Waals surface area contributed by atoms with Crippen LogP contribution in [-0.4, -0.2) is 22.5 Å². The largest absolute Gasteiger partial charge is 0.444 e. The van der Waals surface area contributed by atoms with Gasteiger partial charge in [-0.15, -0.1) is 0 Å². The Bertz CT molecular complexity index is 1010. The fourth-order valence-corrected chi connectivity index (χ4v) is 3.71. The number of benzene rings is 3. The van der Waals surface area contributed by atoms with Gasteiger partial charge in [-0.1, -0.05) is 91.0 Å². The monoisotopic (exact) mass is 401 g/mol. The van der Waals surface area contributed by atoms with Gasteiger partial charge < -0.3 is 9.47 Å². The van der Waals surface area contributed by atoms with Crippen molar-refractivity contribution >= 4 is 12.1 Å². The maximum atomic E-state index is 13.2. The standard InChI is InChI=1S/C25H23NO4/c1-25(17-19-11-5-2-6-12-19)23(27)30-22(21-15-9-4-10-16-21)26(25)24(28)29-18-20-13-7-3-8-14-20/h2-16,22H,17-18H2,1H3/t22-,25+/m0/s1. The van der Waals surface area contributed by atoms with Crippen LogP contribution in [0, 0.1) is 0 Å². The van der Waals surface area contributed by atoms with Crippen molar-refractivity contribution in [1.29, 1.82) is 0 Å². The lowest BCUT2D eigenvalue weighted by Crippen LogP contribution is -2.51. The van der Waals surface area contributed by atoms with Crippen LogP contribution in [0.2, 0.25) is 0 Å². The quantitative estimate of drug-likeness (QED) is 0.572. The maximum absolute atomic E-state index is 13.2. The molecule has 1 aliphatic rings. The van der Waals surface area contributed by atoms with Crippen LogP contribution in [0.5, 0.6) is 0 Å². The molecular weight excluding hydrogens is 378 g/mol. The molecule has 3 aromatic carbocycles. The van der Waals surface area contributed by atoms with E-state index < -0.39 is 23.8 Å². The molecule has 5 heteroatoms. The summed E-state index contributed by atoms with van der Waals surface area (Å²) in [6.45, 7) is 1.85. The Morgan fingerprint density at radius 1 is 0.900 bits per heavy atom. The van der Waals surface area contributed by atoms with E-state index in [0.29, 0.717) is 6.42 Å². The average Bonchev–Trinajstić information content (AvgIpc) is 3.04. The van der Waals surface area contributed by atoms with Gasteiger partial charge in [0.2, 0.25) is 6.23 Å². The van der Waals surface area contributed by atoms with Crippen molar-refractivity contribution in [3.63, 3.8) is 0 Å². The molecule has 0 unspecified atom stereocenters. The Balaban J connectivity index is 1.65. The molecule has 5 nitrogen and oxygen atoms in total. The number of hydrogen-bond donors (Lipinski definition) is 0. The maximum Gasteiger partial charge on any atom is 0.414 e. The van der Waals surface area contributed by atoms with Crippen molar-refractivity contribution in [2.45, 2.75) is 31.7 Å². The van der Waals surface area contributed by atoms with Gasteiger partial charge in [0.05, 0.1) is 0 Å². The summed E-state index contributed by atoms with van der Waals surface area (Å²) < 4.78 is 11.3. The van der Waals surface area contributed by atoms with E-state index in [9.17, 15) is 9.59 Å². The van der Waals surface area contributed by atoms with Gasteiger partial charge in [0.15, 0.2) is 0 Å². The summed E-state index contributed by atoms with van der Waals surface area (Å²) in [5.41, 5.74) is 1.35. The summed E-state index contributed by atoms with van der Waals surface area (Å²) in [4.78, 5) is 27.7. The van der Waals surface area contributed by atoms with Gasteiger partial charge in [0, 0.05) is 12.0 Å². The highest BCUT2D eigenvalue weighted by atomic mass is 16.6. The zero-order chi connectivity index (χ0) is 21.0. The van der Waals surface area contributed by atoms with Gasteiger partial charge in [-0.2, -0.15) is 0 Å². The second-order valence-electron chi connectivity index (χ2n) is 7.51. The molecule has 1 saturated heterocycles. The van der Waals surface area contributed by atoms with Crippen molar-refractivity contribution in [1.82, 2.24) is 4.90 Å². The van der Waals surface area contributed by atoms with Gasteiger partial charge in [0.1, 0.15) is 12.1 Å². The van der Waals surface area contributed by atoms with Gasteiger partial charge in [-0.25, -0.2) is 9.59 Å². The zero-order valence-electron chi connectivity index (χ0n) is 16.7. The average molecular weight is 401 g/mol. The van der Waals surface area contributed by atoms with Gasteiger partial charge >= 0.3 is 12.1 Å². The molecule has 1 fully saturated rings. The molecular formula is C25H23NO4. The Labute approximate surface area is 175 Å². The Hall–Kier alpha value is -3.60. The Kier molecular flexibility index (Phi) is 5.53. The van der Waals surface area contributed by atoms with E-state index in [0.717, 1.165) is 16.7 Å². The molecule has 2 atom stereocenters. The highest BCUT2D eigenvalue weighted by Gasteiger charge is 2.55. The zero-order valence-corrected chi connectivity index (χ0v) is 16.7. The van der Waals surface area contributed by atoms with E-state index in [4.69, 9.17) is 9.47 Å². The molecule has 152 valence electrons. The highest BCUT2D eigenvalue weighted by Crippen LogP contribution is 2.40. The fraction of sp³-hybridized carbons (Fsp3) is 0.200. The second-order valence-corrected chi connectivity index (χ2v) is 7.51. The SMILES string of the molecule is C[C@@]1(Cc2ccccc2)C(=O)O[C@@H](c2ccccc2)N1C(=O)OCc1ccccc1. The van der Waals surface area contributed by atoms with E-state index in [1.54, 1.807) is 6.92 Å². The first-order chi connectivity index (χ1) is 14.6. The van der Waals surface area contributed by atoms with Gasteiger partial charge in [-0.3, -0.25) is 4.90 Å². The number of hydrogen-bond acceptors (Lipinski definition) is 4. The third-order valence-corrected chi connectivity index (χ3v) is 5.30. The molecule has 4 rings (SSSR count). The van der Waals surface area contributed by atoms with Gasteiger partial charge in [0.25, 0.3) is 0 Å². The van der Waals surface area contributed by atoms with Crippen LogP contribution in [0.4, 0.5) is 4.79 Å². The minimum atomic E-state index is -1.18. The lowest BCUT2D eigenvalue weighted by molar-refractivity contribution is -0.145. The predicted octanol–water partition coefficient (Wildman–Crippen LogP) is 4.88. The van der Waals surface area contributed by atoms with Gasteiger partial charge in [-0.05, 0) is 18.1 Å². The number of esters is 1. The molecule has 1 amide bonds. The van der Waals surface area contributed by atoms with Crippen molar-refractivity contribution in [3.8, 4) is 0 Å². The minimum absolute atomic E-state index is 0.118. The first-order valence-electron chi connectivity index (χ1n) is 9.88. The minimum Gasteiger partial charge on any atom is -0.444 e. The second kappa shape index (κ2) is 8.41. The summed E-state index contributed by atoms with van der Waals surface area (Å²) in [7, 11) is 0. The van der Waals surface area contributed by atoms with Crippen LogP contribution in [0.15, 0.2) is 91.0 Å². The number of carbonyl (C=O) groups is 2.